The zero-order chi connectivity index (χ0) is 24.1. The number of hydrogen-bond donors (Lipinski definition) is 1. The molecule has 8 heteroatoms. The molecule has 3 heterocycles. The van der Waals surface area contributed by atoms with E-state index in [1.54, 1.807) is 23.5 Å². The summed E-state index contributed by atoms with van der Waals surface area (Å²) in [6, 6.07) is 5.64. The van der Waals surface area contributed by atoms with Crippen LogP contribution in [0.2, 0.25) is 0 Å². The van der Waals surface area contributed by atoms with Crippen molar-refractivity contribution in [1.82, 2.24) is 9.97 Å². The summed E-state index contributed by atoms with van der Waals surface area (Å²) < 4.78 is 17.4. The van der Waals surface area contributed by atoms with E-state index in [9.17, 15) is 5.11 Å². The highest BCUT2D eigenvalue weighted by Gasteiger charge is 2.31. The number of oxazole rings is 1. The van der Waals surface area contributed by atoms with Crippen LogP contribution in [-0.2, 0) is 4.74 Å². The molecular weight excluding hydrogens is 462 g/mol. The second-order valence-corrected chi connectivity index (χ2v) is 9.98. The fourth-order valence-electron chi connectivity index (χ4n) is 4.20. The summed E-state index contributed by atoms with van der Waals surface area (Å²) in [6.45, 7) is 4.98. The second-order valence-electron chi connectivity index (χ2n) is 8.94. The van der Waals surface area contributed by atoms with Crippen LogP contribution in [0.15, 0.2) is 53.1 Å². The van der Waals surface area contributed by atoms with Crippen LogP contribution in [0, 0.1) is 5.92 Å². The largest absolute Gasteiger partial charge is 0.493 e. The Morgan fingerprint density at radius 2 is 2.09 bits per heavy atom. The smallest absolute Gasteiger partial charge is 0.220 e. The number of thiazole rings is 1. The maximum atomic E-state index is 10.5. The van der Waals surface area contributed by atoms with E-state index in [0.717, 1.165) is 28.6 Å². The second kappa shape index (κ2) is 10.8. The van der Waals surface area contributed by atoms with Crippen LogP contribution in [0.1, 0.15) is 43.4 Å². The maximum Gasteiger partial charge on any atom is 0.220 e. The third kappa shape index (κ3) is 5.83. The summed E-state index contributed by atoms with van der Waals surface area (Å²) in [6.07, 6.45) is 17.6. The van der Waals surface area contributed by atoms with Crippen LogP contribution in [0.4, 0.5) is 5.13 Å². The predicted octanol–water partition coefficient (Wildman–Crippen LogP) is 5.68. The van der Waals surface area contributed by atoms with Crippen molar-refractivity contribution >= 4 is 39.7 Å². The average Bonchev–Trinajstić information content (AvgIpc) is 3.52. The minimum Gasteiger partial charge on any atom is -0.493 e. The van der Waals surface area contributed by atoms with Gasteiger partial charge in [0.2, 0.25) is 5.89 Å². The molecule has 35 heavy (non-hydrogen) atoms. The fourth-order valence-corrected chi connectivity index (χ4v) is 5.07. The first kappa shape index (κ1) is 23.8. The van der Waals surface area contributed by atoms with Crippen LogP contribution in [0.3, 0.4) is 0 Å². The number of nitrogens with zero attached hydrogens (tertiary/aromatic N) is 3. The lowest BCUT2D eigenvalue weighted by molar-refractivity contribution is -0.189. The third-order valence-electron chi connectivity index (χ3n) is 6.29. The minimum absolute atomic E-state index is 0.0849. The molecule has 7 nitrogen and oxygen atoms in total. The number of aromatic nitrogens is 2. The SMILES string of the molecule is CC1C=CC=CC1(O)OCCCOc1ccc2nc(C=Cc3cnc(N4CCCCC4)s3)oc2c1. The Morgan fingerprint density at radius 1 is 1.20 bits per heavy atom. The standard InChI is InChI=1S/C27H31N3O4S/c1-20-8-3-4-13-27(20,31)33-17-7-16-32-21-9-11-23-24(18-21)34-25(29-23)12-10-22-19-28-26(35-22)30-14-5-2-6-15-30/h3-4,8-13,18-20,31H,2,5-7,14-17H2,1H3. The summed E-state index contributed by atoms with van der Waals surface area (Å²) in [5, 5.41) is 11.6. The summed E-state index contributed by atoms with van der Waals surface area (Å²) in [4.78, 5) is 12.6. The fraction of sp³-hybridized carbons (Fsp3) is 0.407. The predicted molar refractivity (Wildman–Crippen MR) is 140 cm³/mol. The van der Waals surface area contributed by atoms with Gasteiger partial charge in [-0.25, -0.2) is 9.97 Å². The number of hydrogen-bond acceptors (Lipinski definition) is 8. The van der Waals surface area contributed by atoms with Crippen molar-refractivity contribution in [3.63, 3.8) is 0 Å². The van der Waals surface area contributed by atoms with Gasteiger partial charge in [0, 0.05) is 48.6 Å². The van der Waals surface area contributed by atoms with Gasteiger partial charge in [-0.2, -0.15) is 0 Å². The van der Waals surface area contributed by atoms with Gasteiger partial charge < -0.3 is 23.9 Å². The van der Waals surface area contributed by atoms with E-state index in [4.69, 9.17) is 13.9 Å². The Labute approximate surface area is 209 Å². The van der Waals surface area contributed by atoms with Crippen molar-refractivity contribution < 1.29 is 19.0 Å². The molecule has 3 aromatic rings. The number of rotatable bonds is 9. The lowest BCUT2D eigenvalue weighted by Gasteiger charge is -2.31. The van der Waals surface area contributed by atoms with Gasteiger partial charge >= 0.3 is 0 Å². The van der Waals surface area contributed by atoms with Crippen LogP contribution in [-0.4, -0.2) is 47.2 Å². The van der Waals surface area contributed by atoms with Gasteiger partial charge in [0.05, 0.1) is 13.2 Å². The van der Waals surface area contributed by atoms with Crippen LogP contribution < -0.4 is 9.64 Å². The van der Waals surface area contributed by atoms with E-state index in [-0.39, 0.29) is 5.92 Å². The van der Waals surface area contributed by atoms with E-state index < -0.39 is 5.79 Å². The lowest BCUT2D eigenvalue weighted by atomic mass is 9.96. The van der Waals surface area contributed by atoms with Crippen LogP contribution in [0.25, 0.3) is 23.3 Å². The van der Waals surface area contributed by atoms with E-state index >= 15 is 0 Å². The molecule has 2 aromatic heterocycles. The third-order valence-corrected chi connectivity index (χ3v) is 7.32. The van der Waals surface area contributed by atoms with Crippen LogP contribution >= 0.6 is 11.3 Å². The summed E-state index contributed by atoms with van der Waals surface area (Å²) >= 11 is 1.70. The molecule has 1 aromatic carbocycles. The first-order valence-electron chi connectivity index (χ1n) is 12.2. The van der Waals surface area contributed by atoms with Gasteiger partial charge in [0.25, 0.3) is 0 Å². The first-order valence-corrected chi connectivity index (χ1v) is 13.1. The van der Waals surface area contributed by atoms with Crippen molar-refractivity contribution in [2.45, 2.75) is 38.4 Å². The average molecular weight is 494 g/mol. The molecule has 0 saturated carbocycles. The van der Waals surface area contributed by atoms with Crippen molar-refractivity contribution in [2.24, 2.45) is 5.92 Å². The number of ether oxygens (including phenoxy) is 2. The highest BCUT2D eigenvalue weighted by Crippen LogP contribution is 2.28. The van der Waals surface area contributed by atoms with Crippen molar-refractivity contribution in [2.75, 3.05) is 31.2 Å². The topological polar surface area (TPSA) is 80.8 Å². The zero-order valence-corrected chi connectivity index (χ0v) is 20.7. The van der Waals surface area contributed by atoms with Gasteiger partial charge in [-0.15, -0.1) is 0 Å². The van der Waals surface area contributed by atoms with E-state index in [1.807, 2.05) is 55.6 Å². The molecule has 2 aliphatic rings. The Balaban J connectivity index is 1.13. The summed E-state index contributed by atoms with van der Waals surface area (Å²) in [5.41, 5.74) is 1.46. The molecule has 2 unspecified atom stereocenters. The van der Waals surface area contributed by atoms with E-state index in [0.29, 0.717) is 36.9 Å². The molecule has 1 N–H and O–H groups in total. The highest BCUT2D eigenvalue weighted by molar-refractivity contribution is 7.16. The molecule has 0 bridgehead atoms. The molecular formula is C27H31N3O4S. The number of aliphatic hydroxyl groups is 1. The van der Waals surface area contributed by atoms with Gasteiger partial charge in [-0.05, 0) is 43.5 Å². The zero-order valence-electron chi connectivity index (χ0n) is 19.9. The maximum absolute atomic E-state index is 10.5. The molecule has 1 saturated heterocycles. The molecule has 1 aliphatic carbocycles. The Morgan fingerprint density at radius 3 is 2.94 bits per heavy atom. The molecule has 1 fully saturated rings. The molecule has 0 amide bonds. The quantitative estimate of drug-likeness (QED) is 0.303. The van der Waals surface area contributed by atoms with Gasteiger partial charge in [-0.1, -0.05) is 36.5 Å². The normalized spacial score (nSPS) is 22.5. The molecule has 1 aliphatic heterocycles. The van der Waals surface area contributed by atoms with Gasteiger partial charge in [-0.3, -0.25) is 0 Å². The Kier molecular flexibility index (Phi) is 7.32. The Hall–Kier alpha value is -2.94. The monoisotopic (exact) mass is 493 g/mol. The van der Waals surface area contributed by atoms with Gasteiger partial charge in [0.15, 0.2) is 16.5 Å². The molecule has 0 radical (unpaired) electrons. The first-order chi connectivity index (χ1) is 17.1. The van der Waals surface area contributed by atoms with Crippen molar-refractivity contribution in [3.8, 4) is 5.75 Å². The minimum atomic E-state index is -1.24. The number of fused-ring (bicyclic) bond motifs is 1. The van der Waals surface area contributed by atoms with Crippen molar-refractivity contribution in [3.05, 3.63) is 59.5 Å². The summed E-state index contributed by atoms with van der Waals surface area (Å²) in [5.74, 6) is -0.0646. The number of anilines is 1. The Bertz CT molecular complexity index is 1220. The van der Waals surface area contributed by atoms with E-state index in [2.05, 4.69) is 14.9 Å². The highest BCUT2D eigenvalue weighted by atomic mass is 32.1. The number of piperidine rings is 1. The lowest BCUT2D eigenvalue weighted by Crippen LogP contribution is -2.38. The molecule has 184 valence electrons. The number of allylic oxidation sites excluding steroid dienone is 2. The molecule has 5 rings (SSSR count). The molecule has 0 spiro atoms. The molecule has 2 atom stereocenters. The van der Waals surface area contributed by atoms with Crippen molar-refractivity contribution in [1.29, 1.82) is 0 Å². The van der Waals surface area contributed by atoms with Crippen LogP contribution in [0.5, 0.6) is 5.75 Å². The number of benzene rings is 1. The van der Waals surface area contributed by atoms with E-state index in [1.165, 1.54) is 19.3 Å². The van der Waals surface area contributed by atoms with Gasteiger partial charge in [0.1, 0.15) is 11.3 Å². The summed E-state index contributed by atoms with van der Waals surface area (Å²) in [7, 11) is 0.